The summed E-state index contributed by atoms with van der Waals surface area (Å²) < 4.78 is 0. The third-order valence-electron chi connectivity index (χ3n) is 4.65. The molecule has 0 heterocycles. The Morgan fingerprint density at radius 1 is 1.31 bits per heavy atom. The highest BCUT2D eigenvalue weighted by Crippen LogP contribution is 2.65. The van der Waals surface area contributed by atoms with E-state index in [9.17, 15) is 15.3 Å². The van der Waals surface area contributed by atoms with Crippen LogP contribution in [0.1, 0.15) is 26.7 Å². The van der Waals surface area contributed by atoms with Gasteiger partial charge in [-0.3, -0.25) is 0 Å². The molecule has 2 fully saturated rings. The quantitative estimate of drug-likeness (QED) is 0.546. The van der Waals surface area contributed by atoms with E-state index in [1.807, 2.05) is 13.8 Å². The molecule has 0 amide bonds. The second-order valence-electron chi connectivity index (χ2n) is 5.17. The van der Waals surface area contributed by atoms with Crippen molar-refractivity contribution in [3.8, 4) is 0 Å². The van der Waals surface area contributed by atoms with Gasteiger partial charge >= 0.3 is 0 Å². The van der Waals surface area contributed by atoms with Crippen LogP contribution in [0.25, 0.3) is 0 Å². The Bertz CT molecular complexity index is 226. The smallest absolute Gasteiger partial charge is 0.0628 e. The van der Waals surface area contributed by atoms with Crippen LogP contribution in [0.3, 0.4) is 0 Å². The first kappa shape index (κ1) is 9.44. The SMILES string of the molecule is CC1(C)[C@@H]2C[C@H](O)[C@]1(CO)C[C@H]2O. The van der Waals surface area contributed by atoms with E-state index in [-0.39, 0.29) is 24.0 Å². The zero-order valence-corrected chi connectivity index (χ0v) is 8.20. The topological polar surface area (TPSA) is 60.7 Å². The lowest BCUT2D eigenvalue weighted by Crippen LogP contribution is -2.42. The van der Waals surface area contributed by atoms with Gasteiger partial charge in [-0.1, -0.05) is 13.8 Å². The van der Waals surface area contributed by atoms with Gasteiger partial charge in [-0.15, -0.1) is 0 Å². The minimum atomic E-state index is -0.461. The highest BCUT2D eigenvalue weighted by atomic mass is 16.3. The number of hydrogen-bond acceptors (Lipinski definition) is 3. The monoisotopic (exact) mass is 186 g/mol. The molecule has 0 aromatic heterocycles. The van der Waals surface area contributed by atoms with Gasteiger partial charge in [0.15, 0.2) is 0 Å². The van der Waals surface area contributed by atoms with Crippen molar-refractivity contribution in [2.45, 2.75) is 38.9 Å². The van der Waals surface area contributed by atoms with Crippen LogP contribution in [0.2, 0.25) is 0 Å². The van der Waals surface area contributed by atoms with Crippen molar-refractivity contribution in [2.75, 3.05) is 6.61 Å². The van der Waals surface area contributed by atoms with Crippen molar-refractivity contribution in [3.63, 3.8) is 0 Å². The Morgan fingerprint density at radius 2 is 1.92 bits per heavy atom. The molecule has 0 aromatic carbocycles. The fourth-order valence-electron chi connectivity index (χ4n) is 3.49. The molecule has 3 heteroatoms. The van der Waals surface area contributed by atoms with E-state index in [0.717, 1.165) is 0 Å². The maximum absolute atomic E-state index is 9.85. The molecule has 0 saturated heterocycles. The molecule has 2 saturated carbocycles. The van der Waals surface area contributed by atoms with Crippen molar-refractivity contribution >= 4 is 0 Å². The Labute approximate surface area is 78.4 Å². The van der Waals surface area contributed by atoms with Crippen LogP contribution < -0.4 is 0 Å². The largest absolute Gasteiger partial charge is 0.396 e. The average Bonchev–Trinajstić information content (AvgIpc) is 2.35. The molecule has 2 bridgehead atoms. The molecule has 0 spiro atoms. The van der Waals surface area contributed by atoms with Crippen molar-refractivity contribution in [1.82, 2.24) is 0 Å². The number of rotatable bonds is 1. The van der Waals surface area contributed by atoms with Crippen LogP contribution in [0.5, 0.6) is 0 Å². The van der Waals surface area contributed by atoms with E-state index in [1.165, 1.54) is 0 Å². The summed E-state index contributed by atoms with van der Waals surface area (Å²) in [5.41, 5.74) is -0.600. The van der Waals surface area contributed by atoms with Gasteiger partial charge in [-0.05, 0) is 24.2 Å². The number of aliphatic hydroxyl groups excluding tert-OH is 3. The van der Waals surface area contributed by atoms with Crippen LogP contribution >= 0.6 is 0 Å². The predicted molar refractivity (Wildman–Crippen MR) is 48.0 cm³/mol. The van der Waals surface area contributed by atoms with E-state index < -0.39 is 11.5 Å². The van der Waals surface area contributed by atoms with Crippen molar-refractivity contribution in [2.24, 2.45) is 16.7 Å². The lowest BCUT2D eigenvalue weighted by Gasteiger charge is -2.38. The molecule has 2 rings (SSSR count). The highest BCUT2D eigenvalue weighted by molar-refractivity contribution is 5.15. The number of fused-ring (bicyclic) bond motifs is 2. The molecule has 0 aromatic rings. The highest BCUT2D eigenvalue weighted by Gasteiger charge is 2.67. The van der Waals surface area contributed by atoms with Gasteiger partial charge in [-0.25, -0.2) is 0 Å². The second-order valence-corrected chi connectivity index (χ2v) is 5.17. The molecule has 4 atom stereocenters. The average molecular weight is 186 g/mol. The minimum absolute atomic E-state index is 0.0191. The Balaban J connectivity index is 2.41. The molecule has 13 heavy (non-hydrogen) atoms. The Kier molecular flexibility index (Phi) is 1.79. The maximum atomic E-state index is 9.85. The molecule has 0 radical (unpaired) electrons. The Hall–Kier alpha value is -0.120. The lowest BCUT2D eigenvalue weighted by molar-refractivity contribution is -0.0554. The summed E-state index contributed by atoms with van der Waals surface area (Å²) in [5.74, 6) is 0.148. The fraction of sp³-hybridized carbons (Fsp3) is 1.00. The normalized spacial score (nSPS) is 52.8. The van der Waals surface area contributed by atoms with Crippen molar-refractivity contribution in [1.29, 1.82) is 0 Å². The van der Waals surface area contributed by atoms with E-state index in [0.29, 0.717) is 12.8 Å². The van der Waals surface area contributed by atoms with Crippen LogP contribution in [0.15, 0.2) is 0 Å². The summed E-state index contributed by atoms with van der Waals surface area (Å²) in [6.45, 7) is 4.06. The molecule has 3 nitrogen and oxygen atoms in total. The first-order chi connectivity index (χ1) is 5.95. The zero-order valence-electron chi connectivity index (χ0n) is 8.20. The van der Waals surface area contributed by atoms with Gasteiger partial charge in [0.05, 0.1) is 18.8 Å². The van der Waals surface area contributed by atoms with Crippen LogP contribution in [-0.4, -0.2) is 34.1 Å². The predicted octanol–water partition coefficient (Wildman–Crippen LogP) is 0.137. The van der Waals surface area contributed by atoms with Gasteiger partial charge < -0.3 is 15.3 Å². The summed E-state index contributed by atoms with van der Waals surface area (Å²) in [4.78, 5) is 0. The second kappa shape index (κ2) is 2.47. The van der Waals surface area contributed by atoms with E-state index in [1.54, 1.807) is 0 Å². The summed E-state index contributed by atoms with van der Waals surface area (Å²) >= 11 is 0. The first-order valence-corrected chi connectivity index (χ1v) is 4.93. The molecule has 2 aliphatic carbocycles. The van der Waals surface area contributed by atoms with E-state index in [4.69, 9.17) is 0 Å². The lowest BCUT2D eigenvalue weighted by atomic mass is 9.69. The van der Waals surface area contributed by atoms with Gasteiger partial charge in [-0.2, -0.15) is 0 Å². The third kappa shape index (κ3) is 0.853. The number of aliphatic hydroxyl groups is 3. The molecular weight excluding hydrogens is 168 g/mol. The van der Waals surface area contributed by atoms with Crippen molar-refractivity contribution < 1.29 is 15.3 Å². The van der Waals surface area contributed by atoms with Crippen molar-refractivity contribution in [3.05, 3.63) is 0 Å². The summed E-state index contributed by atoms with van der Waals surface area (Å²) in [6, 6.07) is 0. The molecule has 2 aliphatic rings. The molecule has 0 unspecified atom stereocenters. The standard InChI is InChI=1S/C10H18O3/c1-9(2)6-3-8(13)10(9,5-11)4-7(6)12/h6-8,11-13H,3-5H2,1-2H3/t6-,7-,8+,10-/m1/s1. The molecule has 3 N–H and O–H groups in total. The van der Waals surface area contributed by atoms with Crippen LogP contribution in [-0.2, 0) is 0 Å². The number of hydrogen-bond donors (Lipinski definition) is 3. The van der Waals surface area contributed by atoms with Gasteiger partial charge in [0.2, 0.25) is 0 Å². The summed E-state index contributed by atoms with van der Waals surface area (Å²) in [5, 5.41) is 29.0. The van der Waals surface area contributed by atoms with E-state index >= 15 is 0 Å². The molecular formula is C10H18O3. The van der Waals surface area contributed by atoms with Gasteiger partial charge in [0.1, 0.15) is 0 Å². The van der Waals surface area contributed by atoms with Gasteiger partial charge in [0, 0.05) is 5.41 Å². The van der Waals surface area contributed by atoms with Crippen LogP contribution in [0, 0.1) is 16.7 Å². The first-order valence-electron chi connectivity index (χ1n) is 4.93. The minimum Gasteiger partial charge on any atom is -0.396 e. The Morgan fingerprint density at radius 3 is 2.23 bits per heavy atom. The molecule has 76 valence electrons. The molecule has 0 aliphatic heterocycles. The fourth-order valence-corrected chi connectivity index (χ4v) is 3.49. The van der Waals surface area contributed by atoms with E-state index in [2.05, 4.69) is 0 Å². The van der Waals surface area contributed by atoms with Gasteiger partial charge in [0.25, 0.3) is 0 Å². The third-order valence-corrected chi connectivity index (χ3v) is 4.65. The summed E-state index contributed by atoms with van der Waals surface area (Å²) in [7, 11) is 0. The van der Waals surface area contributed by atoms with Crippen LogP contribution in [0.4, 0.5) is 0 Å². The zero-order chi connectivity index (χ0) is 9.85. The maximum Gasteiger partial charge on any atom is 0.0628 e. The summed E-state index contributed by atoms with van der Waals surface area (Å²) in [6.07, 6.45) is 0.392.